The van der Waals surface area contributed by atoms with Crippen LogP contribution in [-0.4, -0.2) is 9.13 Å². The number of aromatic nitrogens is 2. The summed E-state index contributed by atoms with van der Waals surface area (Å²) in [6.45, 7) is 13.5. The summed E-state index contributed by atoms with van der Waals surface area (Å²) in [4.78, 5) is 0. The number of para-hydroxylation sites is 1. The van der Waals surface area contributed by atoms with Crippen LogP contribution in [0.4, 0.5) is 0 Å². The Morgan fingerprint density at radius 2 is 1.12 bits per heavy atom. The molecule has 0 radical (unpaired) electrons. The third-order valence-corrected chi connectivity index (χ3v) is 10.1. The van der Waals surface area contributed by atoms with Crippen molar-refractivity contribution >= 4 is 43.6 Å². The van der Waals surface area contributed by atoms with Crippen molar-refractivity contribution in [2.45, 2.75) is 52.4 Å². The SMILES string of the molecule is CC(C)(C)c1ccc2c(c1)c1cc(-c3cccc4c3c3cc(C(C)(C)C)ccc3n4-c3cc(C#N)ccc3C#N)ccc1n2-c1ccccc1. The second-order valence-electron chi connectivity index (χ2n) is 15.4. The molecule has 2 heterocycles. The molecule has 8 rings (SSSR count). The normalized spacial score (nSPS) is 12.2. The van der Waals surface area contributed by atoms with E-state index in [4.69, 9.17) is 0 Å². The fourth-order valence-electron chi connectivity index (χ4n) is 7.43. The van der Waals surface area contributed by atoms with E-state index < -0.39 is 0 Å². The van der Waals surface area contributed by atoms with Crippen molar-refractivity contribution in [3.63, 3.8) is 0 Å². The fraction of sp³-hybridized carbons (Fsp3) is 0.174. The van der Waals surface area contributed by atoms with Gasteiger partial charge >= 0.3 is 0 Å². The Balaban J connectivity index is 1.48. The first-order valence-electron chi connectivity index (χ1n) is 17.1. The van der Waals surface area contributed by atoms with Gasteiger partial charge in [0.2, 0.25) is 0 Å². The van der Waals surface area contributed by atoms with Crippen molar-refractivity contribution in [3.05, 3.63) is 144 Å². The highest BCUT2D eigenvalue weighted by molar-refractivity contribution is 6.17. The zero-order chi connectivity index (χ0) is 34.9. The maximum Gasteiger partial charge on any atom is 0.101 e. The maximum atomic E-state index is 10.2. The van der Waals surface area contributed by atoms with Crippen LogP contribution in [0.2, 0.25) is 0 Å². The molecule has 0 atom stereocenters. The van der Waals surface area contributed by atoms with Crippen molar-refractivity contribution < 1.29 is 0 Å². The molecule has 0 aliphatic rings. The molecule has 242 valence electrons. The van der Waals surface area contributed by atoms with Crippen LogP contribution in [0.25, 0.3) is 66.1 Å². The highest BCUT2D eigenvalue weighted by Crippen LogP contribution is 2.43. The van der Waals surface area contributed by atoms with E-state index in [0.29, 0.717) is 16.8 Å². The molecule has 0 bridgehead atoms. The van der Waals surface area contributed by atoms with Crippen LogP contribution < -0.4 is 0 Å². The summed E-state index contributed by atoms with van der Waals surface area (Å²) < 4.78 is 4.53. The molecule has 0 aliphatic carbocycles. The van der Waals surface area contributed by atoms with Crippen molar-refractivity contribution in [1.82, 2.24) is 9.13 Å². The maximum absolute atomic E-state index is 10.2. The van der Waals surface area contributed by atoms with Gasteiger partial charge in [0.1, 0.15) is 6.07 Å². The van der Waals surface area contributed by atoms with Crippen molar-refractivity contribution in [2.75, 3.05) is 0 Å². The minimum atomic E-state index is -0.0565. The monoisotopic (exact) mass is 646 g/mol. The lowest BCUT2D eigenvalue weighted by atomic mass is 9.86. The van der Waals surface area contributed by atoms with Crippen molar-refractivity contribution in [1.29, 1.82) is 10.5 Å². The molecule has 4 nitrogen and oxygen atoms in total. The molecule has 2 aromatic heterocycles. The number of nitrogens with zero attached hydrogens (tertiary/aromatic N) is 4. The number of hydrogen-bond donors (Lipinski definition) is 0. The fourth-order valence-corrected chi connectivity index (χ4v) is 7.43. The number of hydrogen-bond acceptors (Lipinski definition) is 2. The Bertz CT molecular complexity index is 2730. The molecule has 0 fully saturated rings. The summed E-state index contributed by atoms with van der Waals surface area (Å²) in [5.41, 5.74) is 12.0. The number of fused-ring (bicyclic) bond motifs is 6. The predicted octanol–water partition coefficient (Wildman–Crippen LogP) is 11.9. The summed E-state index contributed by atoms with van der Waals surface area (Å²) >= 11 is 0. The second-order valence-corrected chi connectivity index (χ2v) is 15.4. The van der Waals surface area contributed by atoms with Gasteiger partial charge in [0, 0.05) is 27.2 Å². The highest BCUT2D eigenvalue weighted by atomic mass is 15.0. The molecular formula is C46H38N4. The van der Waals surface area contributed by atoms with E-state index in [1.165, 1.54) is 27.4 Å². The van der Waals surface area contributed by atoms with Gasteiger partial charge in [-0.25, -0.2) is 0 Å². The molecule has 0 spiro atoms. The summed E-state index contributed by atoms with van der Waals surface area (Å²) in [6.07, 6.45) is 0. The first kappa shape index (κ1) is 31.2. The first-order chi connectivity index (χ1) is 24.0. The van der Waals surface area contributed by atoms with Crippen molar-refractivity contribution in [2.24, 2.45) is 0 Å². The van der Waals surface area contributed by atoms with E-state index in [2.05, 4.69) is 166 Å². The lowest BCUT2D eigenvalue weighted by molar-refractivity contribution is 0.591. The Hall–Kier alpha value is -6.10. The average molecular weight is 647 g/mol. The van der Waals surface area contributed by atoms with Crippen LogP contribution in [0.1, 0.15) is 63.8 Å². The van der Waals surface area contributed by atoms with Gasteiger partial charge in [-0.3, -0.25) is 0 Å². The van der Waals surface area contributed by atoms with E-state index in [9.17, 15) is 10.5 Å². The first-order valence-corrected chi connectivity index (χ1v) is 17.1. The van der Waals surface area contributed by atoms with Gasteiger partial charge in [-0.05, 0) is 106 Å². The van der Waals surface area contributed by atoms with Gasteiger partial charge < -0.3 is 9.13 Å². The van der Waals surface area contributed by atoms with Crippen LogP contribution in [0.5, 0.6) is 0 Å². The summed E-state index contributed by atoms with van der Waals surface area (Å²) in [7, 11) is 0. The minimum absolute atomic E-state index is 0.0102. The van der Waals surface area contributed by atoms with E-state index in [0.717, 1.165) is 44.1 Å². The number of benzene rings is 6. The van der Waals surface area contributed by atoms with Crippen molar-refractivity contribution in [3.8, 4) is 34.6 Å². The zero-order valence-corrected chi connectivity index (χ0v) is 29.3. The third-order valence-electron chi connectivity index (χ3n) is 10.1. The zero-order valence-electron chi connectivity index (χ0n) is 29.3. The van der Waals surface area contributed by atoms with Crippen LogP contribution in [-0.2, 0) is 10.8 Å². The van der Waals surface area contributed by atoms with Gasteiger partial charge in [-0.15, -0.1) is 0 Å². The Kier molecular flexibility index (Phi) is 7.00. The lowest BCUT2D eigenvalue weighted by Gasteiger charge is -2.19. The summed E-state index contributed by atoms with van der Waals surface area (Å²) in [6, 6.07) is 47.4. The molecule has 0 amide bonds. The molecule has 0 saturated carbocycles. The van der Waals surface area contributed by atoms with Crippen LogP contribution in [0.3, 0.4) is 0 Å². The Morgan fingerprint density at radius 3 is 1.76 bits per heavy atom. The molecule has 50 heavy (non-hydrogen) atoms. The lowest BCUT2D eigenvalue weighted by Crippen LogP contribution is -2.10. The van der Waals surface area contributed by atoms with Crippen LogP contribution >= 0.6 is 0 Å². The van der Waals surface area contributed by atoms with Gasteiger partial charge in [0.15, 0.2) is 0 Å². The van der Waals surface area contributed by atoms with Crippen LogP contribution in [0.15, 0.2) is 121 Å². The van der Waals surface area contributed by atoms with Gasteiger partial charge in [-0.2, -0.15) is 10.5 Å². The molecule has 0 aliphatic heterocycles. The molecule has 6 aromatic carbocycles. The molecule has 0 N–H and O–H groups in total. The van der Waals surface area contributed by atoms with Gasteiger partial charge in [-0.1, -0.05) is 90.1 Å². The van der Waals surface area contributed by atoms with E-state index in [-0.39, 0.29) is 10.8 Å². The second kappa shape index (κ2) is 11.2. The minimum Gasteiger partial charge on any atom is -0.309 e. The number of rotatable bonds is 3. The van der Waals surface area contributed by atoms with Crippen LogP contribution in [0, 0.1) is 22.7 Å². The van der Waals surface area contributed by atoms with Gasteiger partial charge in [0.05, 0.1) is 45.0 Å². The molecular weight excluding hydrogens is 609 g/mol. The molecule has 0 saturated heterocycles. The number of nitriles is 2. The topological polar surface area (TPSA) is 57.4 Å². The summed E-state index contributed by atoms with van der Waals surface area (Å²) in [5, 5.41) is 24.7. The predicted molar refractivity (Wildman–Crippen MR) is 207 cm³/mol. The average Bonchev–Trinajstić information content (AvgIpc) is 3.62. The molecule has 0 unspecified atom stereocenters. The standard InChI is InChI=1S/C46H38N4/c1-45(2,3)32-18-21-40-37(25-32)36-24-30(17-20-39(36)49(40)34-11-8-7-9-12-34)35-13-10-14-42-44(35)38-26-33(46(4,5)6)19-22-41(38)50(42)43-23-29(27-47)15-16-31(43)28-48/h7-26H,1-6H3. The third kappa shape index (κ3) is 4.88. The van der Waals surface area contributed by atoms with Gasteiger partial charge in [0.25, 0.3) is 0 Å². The summed E-state index contributed by atoms with van der Waals surface area (Å²) in [5.74, 6) is 0. The largest absolute Gasteiger partial charge is 0.309 e. The van der Waals surface area contributed by atoms with E-state index in [1.807, 2.05) is 6.07 Å². The highest BCUT2D eigenvalue weighted by Gasteiger charge is 2.23. The molecule has 8 aromatic rings. The van der Waals surface area contributed by atoms with E-state index >= 15 is 0 Å². The quantitative estimate of drug-likeness (QED) is 0.192. The Morgan fingerprint density at radius 1 is 0.500 bits per heavy atom. The molecule has 4 heteroatoms. The Labute approximate surface area is 293 Å². The van der Waals surface area contributed by atoms with E-state index in [1.54, 1.807) is 12.1 Å². The smallest absolute Gasteiger partial charge is 0.101 e.